The first-order valence-corrected chi connectivity index (χ1v) is 10.2. The molecule has 0 spiro atoms. The third-order valence-electron chi connectivity index (χ3n) is 4.10. The second-order valence-corrected chi connectivity index (χ2v) is 9.10. The molecule has 0 heterocycles. The highest BCUT2D eigenvalue weighted by molar-refractivity contribution is 7.86. The SMILES string of the molecule is Cc1ccc(C(C)(C)c2ccc(OO)cc2S(=O)(=O)O)c(S(=O)(=O)O)c1. The number of benzene rings is 2. The van der Waals surface area contributed by atoms with Gasteiger partial charge >= 0.3 is 0 Å². The molecule has 0 aliphatic carbocycles. The van der Waals surface area contributed by atoms with Crippen LogP contribution in [0.1, 0.15) is 30.5 Å². The van der Waals surface area contributed by atoms with Crippen LogP contribution in [0.5, 0.6) is 5.75 Å². The third-order valence-corrected chi connectivity index (χ3v) is 5.89. The second kappa shape index (κ2) is 6.63. The number of aryl methyl sites for hydroxylation is 1. The Morgan fingerprint density at radius 1 is 0.846 bits per heavy atom. The lowest BCUT2D eigenvalue weighted by atomic mass is 9.78. The fourth-order valence-electron chi connectivity index (χ4n) is 2.79. The fourth-order valence-corrected chi connectivity index (χ4v) is 4.60. The summed E-state index contributed by atoms with van der Waals surface area (Å²) in [7, 11) is -9.30. The van der Waals surface area contributed by atoms with Crippen molar-refractivity contribution in [2.75, 3.05) is 0 Å². The Balaban J connectivity index is 2.86. The average molecular weight is 402 g/mol. The quantitative estimate of drug-likeness (QED) is 0.394. The summed E-state index contributed by atoms with van der Waals surface area (Å²) in [6.07, 6.45) is 0. The molecule has 0 aromatic heterocycles. The van der Waals surface area contributed by atoms with Crippen LogP contribution >= 0.6 is 0 Å². The molecule has 10 heteroatoms. The minimum absolute atomic E-state index is 0.0505. The summed E-state index contributed by atoms with van der Waals surface area (Å²) < 4.78 is 66.3. The van der Waals surface area contributed by atoms with E-state index in [1.807, 2.05) is 0 Å². The molecule has 0 amide bonds. The molecule has 0 saturated carbocycles. The molecule has 0 saturated heterocycles. The first kappa shape index (κ1) is 20.3. The van der Waals surface area contributed by atoms with Gasteiger partial charge in [0.25, 0.3) is 20.2 Å². The molecule has 3 N–H and O–H groups in total. The Bertz CT molecular complexity index is 1050. The Morgan fingerprint density at radius 3 is 1.77 bits per heavy atom. The van der Waals surface area contributed by atoms with Gasteiger partial charge in [-0.05, 0) is 35.7 Å². The van der Waals surface area contributed by atoms with Crippen LogP contribution in [-0.2, 0) is 25.7 Å². The molecule has 0 fully saturated rings. The topological polar surface area (TPSA) is 138 Å². The van der Waals surface area contributed by atoms with Gasteiger partial charge in [0.05, 0.1) is 4.90 Å². The van der Waals surface area contributed by atoms with Crippen molar-refractivity contribution < 1.29 is 36.1 Å². The molecular formula is C16H18O8S2. The molecule has 26 heavy (non-hydrogen) atoms. The summed E-state index contributed by atoms with van der Waals surface area (Å²) in [5.41, 5.74) is -0.489. The molecule has 0 atom stereocenters. The molecular weight excluding hydrogens is 384 g/mol. The molecule has 2 rings (SSSR count). The van der Waals surface area contributed by atoms with Crippen LogP contribution in [0.4, 0.5) is 0 Å². The van der Waals surface area contributed by atoms with Crippen LogP contribution in [0, 0.1) is 6.92 Å². The van der Waals surface area contributed by atoms with Gasteiger partial charge in [-0.3, -0.25) is 9.11 Å². The summed E-state index contributed by atoms with van der Waals surface area (Å²) in [6.45, 7) is 4.72. The highest BCUT2D eigenvalue weighted by Crippen LogP contribution is 2.40. The normalized spacial score (nSPS) is 12.8. The van der Waals surface area contributed by atoms with Crippen molar-refractivity contribution in [3.8, 4) is 5.75 Å². The monoisotopic (exact) mass is 402 g/mol. The van der Waals surface area contributed by atoms with E-state index < -0.39 is 30.5 Å². The predicted molar refractivity (Wildman–Crippen MR) is 92.6 cm³/mol. The average Bonchev–Trinajstić information content (AvgIpc) is 2.52. The van der Waals surface area contributed by atoms with Crippen molar-refractivity contribution in [1.82, 2.24) is 0 Å². The van der Waals surface area contributed by atoms with Gasteiger partial charge in [0.1, 0.15) is 4.90 Å². The van der Waals surface area contributed by atoms with Crippen LogP contribution in [-0.4, -0.2) is 31.2 Å². The van der Waals surface area contributed by atoms with E-state index in [-0.39, 0.29) is 21.8 Å². The highest BCUT2D eigenvalue weighted by atomic mass is 32.2. The standard InChI is InChI=1S/C16H18O8S2/c1-10-4-6-12(14(8-10)25(18,19)20)16(2,3)13-7-5-11(24-17)9-15(13)26(21,22)23/h4-9,17H,1-3H3,(H,18,19,20)(H,21,22,23). The lowest BCUT2D eigenvalue weighted by Gasteiger charge is -2.29. The van der Waals surface area contributed by atoms with Gasteiger partial charge in [-0.1, -0.05) is 32.0 Å². The summed E-state index contributed by atoms with van der Waals surface area (Å²) in [5.74, 6) is -0.226. The van der Waals surface area contributed by atoms with Gasteiger partial charge in [-0.25, -0.2) is 5.26 Å². The van der Waals surface area contributed by atoms with Crippen molar-refractivity contribution in [2.24, 2.45) is 0 Å². The molecule has 0 radical (unpaired) electrons. The molecule has 142 valence electrons. The maximum atomic E-state index is 11.8. The van der Waals surface area contributed by atoms with Crippen LogP contribution < -0.4 is 4.89 Å². The van der Waals surface area contributed by atoms with Gasteiger partial charge in [0, 0.05) is 11.5 Å². The highest BCUT2D eigenvalue weighted by Gasteiger charge is 2.34. The van der Waals surface area contributed by atoms with Crippen LogP contribution in [0.25, 0.3) is 0 Å². The van der Waals surface area contributed by atoms with Gasteiger partial charge in [0.2, 0.25) is 0 Å². The molecule has 0 aliphatic rings. The molecule has 0 bridgehead atoms. The van der Waals surface area contributed by atoms with Crippen molar-refractivity contribution in [3.05, 3.63) is 53.1 Å². The van der Waals surface area contributed by atoms with E-state index in [2.05, 4.69) is 4.89 Å². The van der Waals surface area contributed by atoms with Crippen molar-refractivity contribution >= 4 is 20.2 Å². The molecule has 0 aliphatic heterocycles. The number of hydrogen-bond acceptors (Lipinski definition) is 6. The second-order valence-electron chi connectivity index (χ2n) is 6.32. The summed E-state index contributed by atoms with van der Waals surface area (Å²) in [5, 5.41) is 8.73. The van der Waals surface area contributed by atoms with Crippen LogP contribution in [0.2, 0.25) is 0 Å². The van der Waals surface area contributed by atoms with E-state index in [0.29, 0.717) is 5.56 Å². The third kappa shape index (κ3) is 3.89. The van der Waals surface area contributed by atoms with Crippen molar-refractivity contribution in [1.29, 1.82) is 0 Å². The molecule has 2 aromatic carbocycles. The number of hydrogen-bond donors (Lipinski definition) is 3. The molecule has 8 nitrogen and oxygen atoms in total. The molecule has 0 unspecified atom stereocenters. The predicted octanol–water partition coefficient (Wildman–Crippen LogP) is 2.67. The zero-order valence-corrected chi connectivity index (χ0v) is 15.8. The van der Waals surface area contributed by atoms with E-state index in [1.165, 1.54) is 38.1 Å². The largest absolute Gasteiger partial charge is 0.340 e. The Morgan fingerprint density at radius 2 is 1.31 bits per heavy atom. The summed E-state index contributed by atoms with van der Waals surface area (Å²) in [4.78, 5) is 3.08. The maximum absolute atomic E-state index is 11.8. The van der Waals surface area contributed by atoms with Crippen molar-refractivity contribution in [2.45, 2.75) is 36.0 Å². The van der Waals surface area contributed by atoms with Gasteiger partial charge in [0.15, 0.2) is 5.75 Å². The lowest BCUT2D eigenvalue weighted by molar-refractivity contribution is -0.137. The van der Waals surface area contributed by atoms with E-state index in [1.54, 1.807) is 13.0 Å². The minimum Gasteiger partial charge on any atom is -0.340 e. The summed E-state index contributed by atoms with van der Waals surface area (Å²) >= 11 is 0. The van der Waals surface area contributed by atoms with E-state index in [0.717, 1.165) is 6.07 Å². The summed E-state index contributed by atoms with van der Waals surface area (Å²) in [6, 6.07) is 7.79. The minimum atomic E-state index is -4.72. The zero-order chi connectivity index (χ0) is 19.9. The van der Waals surface area contributed by atoms with Crippen LogP contribution in [0.15, 0.2) is 46.2 Å². The van der Waals surface area contributed by atoms with Gasteiger partial charge < -0.3 is 4.89 Å². The van der Waals surface area contributed by atoms with Gasteiger partial charge in [-0.15, -0.1) is 0 Å². The fraction of sp³-hybridized carbons (Fsp3) is 0.250. The van der Waals surface area contributed by atoms with E-state index >= 15 is 0 Å². The Hall–Kier alpha value is -1.98. The Labute approximate surface area is 151 Å². The molecule has 2 aromatic rings. The number of rotatable bonds is 5. The first-order valence-electron chi connectivity index (χ1n) is 7.30. The lowest BCUT2D eigenvalue weighted by Crippen LogP contribution is -2.25. The Kier molecular flexibility index (Phi) is 5.19. The van der Waals surface area contributed by atoms with Crippen molar-refractivity contribution in [3.63, 3.8) is 0 Å². The van der Waals surface area contributed by atoms with Gasteiger partial charge in [-0.2, -0.15) is 16.8 Å². The first-order chi connectivity index (χ1) is 11.8. The van der Waals surface area contributed by atoms with Crippen LogP contribution in [0.3, 0.4) is 0 Å². The van der Waals surface area contributed by atoms with E-state index in [9.17, 15) is 25.9 Å². The van der Waals surface area contributed by atoms with E-state index in [4.69, 9.17) is 5.26 Å². The zero-order valence-electron chi connectivity index (χ0n) is 14.2. The smallest absolute Gasteiger partial charge is 0.294 e. The maximum Gasteiger partial charge on any atom is 0.294 e.